The minimum atomic E-state index is -0.813. The van der Waals surface area contributed by atoms with Gasteiger partial charge in [0.2, 0.25) is 0 Å². The maximum Gasteiger partial charge on any atom is 0.164 e. The summed E-state index contributed by atoms with van der Waals surface area (Å²) in [5, 5.41) is 3.23. The van der Waals surface area contributed by atoms with Gasteiger partial charge in [-0.25, -0.2) is 8.78 Å². The Hall–Kier alpha value is -1.90. The molecule has 100 valence electrons. The lowest BCUT2D eigenvalue weighted by atomic mass is 10.1. The van der Waals surface area contributed by atoms with Crippen molar-refractivity contribution < 1.29 is 8.78 Å². The summed E-state index contributed by atoms with van der Waals surface area (Å²) < 4.78 is 26.9. The molecule has 2 aromatic carbocycles. The Morgan fingerprint density at radius 3 is 2.53 bits per heavy atom. The zero-order valence-corrected chi connectivity index (χ0v) is 11.3. The molecule has 0 aromatic heterocycles. The first-order valence-corrected chi connectivity index (χ1v) is 6.26. The van der Waals surface area contributed by atoms with Crippen molar-refractivity contribution >= 4 is 5.69 Å². The predicted octanol–water partition coefficient (Wildman–Crippen LogP) is 4.75. The third-order valence-electron chi connectivity index (χ3n) is 3.21. The second kappa shape index (κ2) is 5.39. The third kappa shape index (κ3) is 2.92. The number of rotatable bonds is 3. The summed E-state index contributed by atoms with van der Waals surface area (Å²) in [4.78, 5) is 0. The summed E-state index contributed by atoms with van der Waals surface area (Å²) in [6.45, 7) is 5.80. The normalized spacial score (nSPS) is 12.3. The number of anilines is 1. The van der Waals surface area contributed by atoms with E-state index < -0.39 is 11.6 Å². The van der Waals surface area contributed by atoms with Crippen molar-refractivity contribution in [2.75, 3.05) is 5.32 Å². The van der Waals surface area contributed by atoms with E-state index in [1.165, 1.54) is 6.07 Å². The average Bonchev–Trinajstić information content (AvgIpc) is 2.37. The molecule has 1 atom stereocenters. The highest BCUT2D eigenvalue weighted by atomic mass is 19.2. The van der Waals surface area contributed by atoms with E-state index in [0.29, 0.717) is 5.56 Å². The van der Waals surface area contributed by atoms with Gasteiger partial charge in [-0.1, -0.05) is 24.3 Å². The molecular weight excluding hydrogens is 244 g/mol. The second-order valence-corrected chi connectivity index (χ2v) is 4.83. The molecule has 2 rings (SSSR count). The van der Waals surface area contributed by atoms with Crippen molar-refractivity contribution in [1.29, 1.82) is 0 Å². The van der Waals surface area contributed by atoms with Crippen molar-refractivity contribution in [2.24, 2.45) is 0 Å². The predicted molar refractivity (Wildman–Crippen MR) is 74.3 cm³/mol. The van der Waals surface area contributed by atoms with Crippen LogP contribution in [0.3, 0.4) is 0 Å². The highest BCUT2D eigenvalue weighted by molar-refractivity contribution is 5.53. The molecule has 0 radical (unpaired) electrons. The van der Waals surface area contributed by atoms with Gasteiger partial charge in [0.25, 0.3) is 0 Å². The van der Waals surface area contributed by atoms with Crippen LogP contribution in [0.25, 0.3) is 0 Å². The fourth-order valence-corrected chi connectivity index (χ4v) is 2.06. The molecule has 0 amide bonds. The molecule has 1 nitrogen and oxygen atoms in total. The Kier molecular flexibility index (Phi) is 3.84. The monoisotopic (exact) mass is 261 g/mol. The lowest BCUT2D eigenvalue weighted by Gasteiger charge is -2.18. The Labute approximate surface area is 112 Å². The minimum absolute atomic E-state index is 0.295. The molecule has 3 heteroatoms. The molecule has 0 aliphatic rings. The fourth-order valence-electron chi connectivity index (χ4n) is 2.06. The highest BCUT2D eigenvalue weighted by Crippen LogP contribution is 2.25. The molecule has 0 bridgehead atoms. The average molecular weight is 261 g/mol. The Bertz CT molecular complexity index is 593. The van der Waals surface area contributed by atoms with Crippen LogP contribution in [0.4, 0.5) is 14.5 Å². The van der Waals surface area contributed by atoms with E-state index in [4.69, 9.17) is 0 Å². The molecule has 0 spiro atoms. The van der Waals surface area contributed by atoms with Gasteiger partial charge in [-0.3, -0.25) is 0 Å². The number of hydrogen-bond donors (Lipinski definition) is 1. The molecule has 2 aromatic rings. The topological polar surface area (TPSA) is 12.0 Å². The van der Waals surface area contributed by atoms with Crippen LogP contribution in [0.5, 0.6) is 0 Å². The van der Waals surface area contributed by atoms with Gasteiger partial charge < -0.3 is 5.32 Å². The first-order valence-electron chi connectivity index (χ1n) is 6.26. The lowest BCUT2D eigenvalue weighted by Crippen LogP contribution is -2.10. The summed E-state index contributed by atoms with van der Waals surface area (Å²) in [6.07, 6.45) is 0. The van der Waals surface area contributed by atoms with Crippen LogP contribution in [0, 0.1) is 25.5 Å². The largest absolute Gasteiger partial charge is 0.378 e. The van der Waals surface area contributed by atoms with Crippen LogP contribution in [-0.4, -0.2) is 0 Å². The van der Waals surface area contributed by atoms with E-state index in [2.05, 4.69) is 5.32 Å². The molecule has 0 heterocycles. The van der Waals surface area contributed by atoms with Crippen LogP contribution in [0.1, 0.15) is 29.7 Å². The fraction of sp³-hybridized carbons (Fsp3) is 0.250. The highest BCUT2D eigenvalue weighted by Gasteiger charge is 2.14. The second-order valence-electron chi connectivity index (χ2n) is 4.83. The van der Waals surface area contributed by atoms with Crippen molar-refractivity contribution in [2.45, 2.75) is 26.8 Å². The van der Waals surface area contributed by atoms with E-state index in [9.17, 15) is 8.78 Å². The summed E-state index contributed by atoms with van der Waals surface area (Å²) in [5.41, 5.74) is 3.48. The third-order valence-corrected chi connectivity index (χ3v) is 3.21. The van der Waals surface area contributed by atoms with E-state index in [0.717, 1.165) is 22.9 Å². The van der Waals surface area contributed by atoms with E-state index in [1.807, 2.05) is 39.0 Å². The molecule has 1 unspecified atom stereocenters. The van der Waals surface area contributed by atoms with Gasteiger partial charge in [-0.15, -0.1) is 0 Å². The molecule has 0 aliphatic heterocycles. The van der Waals surface area contributed by atoms with Crippen molar-refractivity contribution in [3.8, 4) is 0 Å². The van der Waals surface area contributed by atoms with Gasteiger partial charge in [0.05, 0.1) is 6.04 Å². The van der Waals surface area contributed by atoms with E-state index in [-0.39, 0.29) is 6.04 Å². The summed E-state index contributed by atoms with van der Waals surface area (Å²) >= 11 is 0. The first kappa shape index (κ1) is 13.5. The van der Waals surface area contributed by atoms with Crippen molar-refractivity contribution in [3.63, 3.8) is 0 Å². The van der Waals surface area contributed by atoms with Gasteiger partial charge in [-0.05, 0) is 44.0 Å². The molecule has 1 N–H and O–H groups in total. The first-order chi connectivity index (χ1) is 8.99. The Balaban J connectivity index is 2.28. The number of hydrogen-bond acceptors (Lipinski definition) is 1. The minimum Gasteiger partial charge on any atom is -0.378 e. The Morgan fingerprint density at radius 1 is 1.05 bits per heavy atom. The maximum atomic E-state index is 13.7. The van der Waals surface area contributed by atoms with Gasteiger partial charge >= 0.3 is 0 Å². The molecule has 19 heavy (non-hydrogen) atoms. The molecule has 0 saturated heterocycles. The summed E-state index contributed by atoms with van der Waals surface area (Å²) in [7, 11) is 0. The maximum absolute atomic E-state index is 13.7. The van der Waals surface area contributed by atoms with Crippen LogP contribution >= 0.6 is 0 Å². The Morgan fingerprint density at radius 2 is 1.79 bits per heavy atom. The summed E-state index contributed by atoms with van der Waals surface area (Å²) in [5.74, 6) is -1.60. The van der Waals surface area contributed by atoms with E-state index >= 15 is 0 Å². The molecule has 0 saturated carbocycles. The van der Waals surface area contributed by atoms with Gasteiger partial charge in [-0.2, -0.15) is 0 Å². The van der Waals surface area contributed by atoms with Crippen molar-refractivity contribution in [1.82, 2.24) is 0 Å². The van der Waals surface area contributed by atoms with Gasteiger partial charge in [0.1, 0.15) is 0 Å². The SMILES string of the molecule is Cc1ccc(C)c(NC(C)c2cccc(F)c2F)c1. The molecule has 0 aliphatic carbocycles. The number of benzene rings is 2. The zero-order valence-electron chi connectivity index (χ0n) is 11.3. The summed E-state index contributed by atoms with van der Waals surface area (Å²) in [6, 6.07) is 9.99. The van der Waals surface area contributed by atoms with Gasteiger partial charge in [0.15, 0.2) is 11.6 Å². The van der Waals surface area contributed by atoms with Crippen molar-refractivity contribution in [3.05, 3.63) is 64.7 Å². The zero-order chi connectivity index (χ0) is 14.0. The molecular formula is C16H17F2N. The van der Waals surface area contributed by atoms with Crippen LogP contribution in [0.15, 0.2) is 36.4 Å². The molecule has 0 fully saturated rings. The number of nitrogens with one attached hydrogen (secondary N) is 1. The van der Waals surface area contributed by atoms with Gasteiger partial charge in [0, 0.05) is 11.3 Å². The van der Waals surface area contributed by atoms with Crippen LogP contribution < -0.4 is 5.32 Å². The van der Waals surface area contributed by atoms with Crippen LogP contribution in [-0.2, 0) is 0 Å². The quantitative estimate of drug-likeness (QED) is 0.840. The lowest BCUT2D eigenvalue weighted by molar-refractivity contribution is 0.494. The van der Waals surface area contributed by atoms with E-state index in [1.54, 1.807) is 6.07 Å². The number of halogens is 2. The van der Waals surface area contributed by atoms with Crippen LogP contribution in [0.2, 0.25) is 0 Å². The number of aryl methyl sites for hydroxylation is 2. The smallest absolute Gasteiger partial charge is 0.164 e. The standard InChI is InChI=1S/C16H17F2N/c1-10-7-8-11(2)15(9-10)19-12(3)13-5-4-6-14(17)16(13)18/h4-9,12,19H,1-3H3.